The van der Waals surface area contributed by atoms with Gasteiger partial charge in [0.25, 0.3) is 0 Å². The molecule has 0 bridgehead atoms. The molecule has 0 radical (unpaired) electrons. The molecular formula is C15H13Cl2N3. The van der Waals surface area contributed by atoms with Crippen LogP contribution in [0.25, 0.3) is 16.9 Å². The van der Waals surface area contributed by atoms with Gasteiger partial charge in [0.15, 0.2) is 5.65 Å². The van der Waals surface area contributed by atoms with Crippen molar-refractivity contribution in [2.24, 2.45) is 0 Å². The summed E-state index contributed by atoms with van der Waals surface area (Å²) in [5.74, 6) is 1.41. The minimum atomic E-state index is 0.517. The molecule has 2 aromatic heterocycles. The van der Waals surface area contributed by atoms with Gasteiger partial charge in [-0.15, -0.1) is 11.6 Å². The molecule has 0 aliphatic carbocycles. The number of pyridine rings is 1. The van der Waals surface area contributed by atoms with Crippen molar-refractivity contribution in [3.63, 3.8) is 0 Å². The van der Waals surface area contributed by atoms with E-state index in [4.69, 9.17) is 23.2 Å². The highest BCUT2D eigenvalue weighted by Crippen LogP contribution is 2.23. The average molecular weight is 306 g/mol. The molecule has 0 aliphatic rings. The molecule has 3 nitrogen and oxygen atoms in total. The van der Waals surface area contributed by atoms with Gasteiger partial charge in [0, 0.05) is 24.2 Å². The molecular weight excluding hydrogens is 293 g/mol. The van der Waals surface area contributed by atoms with E-state index >= 15 is 0 Å². The van der Waals surface area contributed by atoms with Crippen molar-refractivity contribution in [2.45, 2.75) is 13.3 Å². The molecule has 0 saturated heterocycles. The maximum atomic E-state index is 5.99. The molecule has 102 valence electrons. The molecule has 3 aromatic rings. The molecule has 5 heteroatoms. The fourth-order valence-corrected chi connectivity index (χ4v) is 2.53. The number of rotatable bonds is 3. The van der Waals surface area contributed by atoms with Crippen molar-refractivity contribution in [1.82, 2.24) is 14.5 Å². The van der Waals surface area contributed by atoms with Crippen LogP contribution < -0.4 is 0 Å². The van der Waals surface area contributed by atoms with E-state index in [1.165, 1.54) is 5.56 Å². The van der Waals surface area contributed by atoms with Gasteiger partial charge in [0.1, 0.15) is 11.3 Å². The third-order valence-corrected chi connectivity index (χ3v) is 3.54. The van der Waals surface area contributed by atoms with Crippen LogP contribution >= 0.6 is 23.2 Å². The van der Waals surface area contributed by atoms with E-state index in [9.17, 15) is 0 Å². The highest BCUT2D eigenvalue weighted by Gasteiger charge is 2.13. The largest absolute Gasteiger partial charge is 0.281 e. The number of benzene rings is 1. The van der Waals surface area contributed by atoms with Gasteiger partial charge >= 0.3 is 0 Å². The summed E-state index contributed by atoms with van der Waals surface area (Å²) in [7, 11) is 0. The van der Waals surface area contributed by atoms with Gasteiger partial charge in [-0.05, 0) is 25.1 Å². The molecule has 3 rings (SSSR count). The summed E-state index contributed by atoms with van der Waals surface area (Å²) >= 11 is 11.9. The van der Waals surface area contributed by atoms with Crippen LogP contribution in [0, 0.1) is 6.92 Å². The summed E-state index contributed by atoms with van der Waals surface area (Å²) in [5, 5.41) is 0.587. The summed E-state index contributed by atoms with van der Waals surface area (Å²) in [6, 6.07) is 10.1. The number of imidazole rings is 1. The number of halogens is 2. The Morgan fingerprint density at radius 1 is 1.20 bits per heavy atom. The number of nitrogens with zero attached hydrogens (tertiary/aromatic N) is 3. The minimum absolute atomic E-state index is 0.517. The topological polar surface area (TPSA) is 30.7 Å². The molecule has 0 aliphatic heterocycles. The predicted molar refractivity (Wildman–Crippen MR) is 83.0 cm³/mol. The van der Waals surface area contributed by atoms with Gasteiger partial charge in [-0.3, -0.25) is 4.57 Å². The zero-order valence-corrected chi connectivity index (χ0v) is 12.5. The standard InChI is InChI=1S/C15H13Cl2N3/c1-10-2-4-12(5-3-10)20-14(6-7-16)19-13-8-11(17)9-18-15(13)20/h2-5,8-9H,6-7H2,1H3. The van der Waals surface area contributed by atoms with Gasteiger partial charge in [-0.2, -0.15) is 0 Å². The Labute approximate surface area is 127 Å². The fourth-order valence-electron chi connectivity index (χ4n) is 2.20. The molecule has 0 fully saturated rings. The summed E-state index contributed by atoms with van der Waals surface area (Å²) < 4.78 is 2.04. The fraction of sp³-hybridized carbons (Fsp3) is 0.200. The first-order valence-corrected chi connectivity index (χ1v) is 7.26. The third-order valence-electron chi connectivity index (χ3n) is 3.14. The van der Waals surface area contributed by atoms with E-state index in [-0.39, 0.29) is 0 Å². The Bertz CT molecular complexity index is 748. The van der Waals surface area contributed by atoms with Crippen molar-refractivity contribution in [2.75, 3.05) is 5.88 Å². The first-order chi connectivity index (χ1) is 9.69. The van der Waals surface area contributed by atoms with Crippen molar-refractivity contribution in [1.29, 1.82) is 0 Å². The van der Waals surface area contributed by atoms with Gasteiger partial charge in [-0.25, -0.2) is 9.97 Å². The Hall–Kier alpha value is -1.58. The van der Waals surface area contributed by atoms with Crippen molar-refractivity contribution < 1.29 is 0 Å². The average Bonchev–Trinajstić information content (AvgIpc) is 2.77. The molecule has 0 spiro atoms. The lowest BCUT2D eigenvalue weighted by molar-refractivity contribution is 0.905. The van der Waals surface area contributed by atoms with Gasteiger partial charge < -0.3 is 0 Å². The molecule has 20 heavy (non-hydrogen) atoms. The number of fused-ring (bicyclic) bond motifs is 1. The van der Waals surface area contributed by atoms with Crippen LogP contribution in [0.15, 0.2) is 36.5 Å². The second-order valence-corrected chi connectivity index (χ2v) is 5.45. The van der Waals surface area contributed by atoms with E-state index in [1.54, 1.807) is 6.20 Å². The van der Waals surface area contributed by atoms with Crippen molar-refractivity contribution >= 4 is 34.4 Å². The van der Waals surface area contributed by atoms with E-state index in [1.807, 2.05) is 10.6 Å². The number of hydrogen-bond acceptors (Lipinski definition) is 2. The maximum Gasteiger partial charge on any atom is 0.164 e. The van der Waals surface area contributed by atoms with Crippen LogP contribution in [0.2, 0.25) is 5.02 Å². The van der Waals surface area contributed by atoms with Gasteiger partial charge in [0.2, 0.25) is 0 Å². The molecule has 2 heterocycles. The zero-order valence-electron chi connectivity index (χ0n) is 11.0. The van der Waals surface area contributed by atoms with Crippen LogP contribution in [0.4, 0.5) is 0 Å². The van der Waals surface area contributed by atoms with Crippen LogP contribution in [0.1, 0.15) is 11.4 Å². The lowest BCUT2D eigenvalue weighted by Crippen LogP contribution is -2.02. The Morgan fingerprint density at radius 3 is 2.65 bits per heavy atom. The van der Waals surface area contributed by atoms with Crippen molar-refractivity contribution in [3.05, 3.63) is 52.9 Å². The van der Waals surface area contributed by atoms with Crippen LogP contribution in [-0.4, -0.2) is 20.4 Å². The number of aromatic nitrogens is 3. The number of hydrogen-bond donors (Lipinski definition) is 0. The number of aryl methyl sites for hydroxylation is 2. The van der Waals surface area contributed by atoms with Crippen LogP contribution in [0.3, 0.4) is 0 Å². The summed E-state index contributed by atoms with van der Waals surface area (Å²) in [6.07, 6.45) is 2.32. The van der Waals surface area contributed by atoms with Crippen LogP contribution in [-0.2, 0) is 6.42 Å². The maximum absolute atomic E-state index is 5.99. The lowest BCUT2D eigenvalue weighted by Gasteiger charge is -2.08. The normalized spacial score (nSPS) is 11.2. The van der Waals surface area contributed by atoms with E-state index in [0.717, 1.165) is 22.7 Å². The monoisotopic (exact) mass is 305 g/mol. The van der Waals surface area contributed by atoms with E-state index < -0.39 is 0 Å². The van der Waals surface area contributed by atoms with E-state index in [2.05, 4.69) is 41.2 Å². The SMILES string of the molecule is Cc1ccc(-n2c(CCCl)nc3cc(Cl)cnc32)cc1. The molecule has 0 unspecified atom stereocenters. The number of alkyl halides is 1. The summed E-state index contributed by atoms with van der Waals surface area (Å²) in [6.45, 7) is 2.06. The van der Waals surface area contributed by atoms with Crippen LogP contribution in [0.5, 0.6) is 0 Å². The Morgan fingerprint density at radius 2 is 1.95 bits per heavy atom. The second-order valence-electron chi connectivity index (χ2n) is 4.63. The van der Waals surface area contributed by atoms with Gasteiger partial charge in [0.05, 0.1) is 5.02 Å². The molecule has 0 saturated carbocycles. The second kappa shape index (κ2) is 5.43. The zero-order chi connectivity index (χ0) is 14.1. The predicted octanol–water partition coefficient (Wildman–Crippen LogP) is 4.16. The Kier molecular flexibility index (Phi) is 3.64. The highest BCUT2D eigenvalue weighted by atomic mass is 35.5. The quantitative estimate of drug-likeness (QED) is 0.680. The third kappa shape index (κ3) is 2.39. The molecule has 0 N–H and O–H groups in total. The Balaban J connectivity index is 2.25. The minimum Gasteiger partial charge on any atom is -0.281 e. The highest BCUT2D eigenvalue weighted by molar-refractivity contribution is 6.31. The van der Waals surface area contributed by atoms with Crippen molar-refractivity contribution in [3.8, 4) is 5.69 Å². The van der Waals surface area contributed by atoms with Gasteiger partial charge in [-0.1, -0.05) is 29.3 Å². The summed E-state index contributed by atoms with van der Waals surface area (Å²) in [4.78, 5) is 9.00. The first kappa shape index (κ1) is 13.4. The van der Waals surface area contributed by atoms with E-state index in [0.29, 0.717) is 17.3 Å². The molecule has 0 atom stereocenters. The summed E-state index contributed by atoms with van der Waals surface area (Å²) in [5.41, 5.74) is 3.85. The molecule has 1 aromatic carbocycles. The lowest BCUT2D eigenvalue weighted by atomic mass is 10.2. The first-order valence-electron chi connectivity index (χ1n) is 6.35. The smallest absolute Gasteiger partial charge is 0.164 e. The molecule has 0 amide bonds.